The summed E-state index contributed by atoms with van der Waals surface area (Å²) in [6, 6.07) is 23.1. The van der Waals surface area contributed by atoms with Gasteiger partial charge in [-0.3, -0.25) is 14.4 Å². The van der Waals surface area contributed by atoms with Crippen molar-refractivity contribution in [2.45, 2.75) is 0 Å². The van der Waals surface area contributed by atoms with Gasteiger partial charge in [-0.2, -0.15) is 0 Å². The molecule has 27 heavy (non-hydrogen) atoms. The molecule has 0 atom stereocenters. The molecule has 0 fully saturated rings. The maximum atomic E-state index is 12.9. The first kappa shape index (κ1) is 16.7. The Balaban J connectivity index is 2.02. The lowest BCUT2D eigenvalue weighted by molar-refractivity contribution is 0.103. The summed E-state index contributed by atoms with van der Waals surface area (Å²) in [6.07, 6.45) is 0.662. The number of carbonyl (C=O) groups excluding carboxylic acids is 2. The molecule has 0 unspecified atom stereocenters. The van der Waals surface area contributed by atoms with E-state index >= 15 is 0 Å². The Labute approximate surface area is 155 Å². The van der Waals surface area contributed by atoms with Crippen LogP contribution in [0.1, 0.15) is 26.3 Å². The zero-order valence-electron chi connectivity index (χ0n) is 14.3. The van der Waals surface area contributed by atoms with Crippen molar-refractivity contribution in [3.63, 3.8) is 0 Å². The van der Waals surface area contributed by atoms with Crippen molar-refractivity contribution >= 4 is 23.0 Å². The van der Waals surface area contributed by atoms with Crippen molar-refractivity contribution in [1.82, 2.24) is 4.98 Å². The van der Waals surface area contributed by atoms with Gasteiger partial charge in [0.15, 0.2) is 12.1 Å². The molecule has 0 bridgehead atoms. The second kappa shape index (κ2) is 6.84. The van der Waals surface area contributed by atoms with Crippen molar-refractivity contribution in [3.8, 4) is 11.1 Å². The summed E-state index contributed by atoms with van der Waals surface area (Å²) in [5.74, 6) is -0.175. The molecule has 0 amide bonds. The van der Waals surface area contributed by atoms with Gasteiger partial charge in [0.1, 0.15) is 0 Å². The van der Waals surface area contributed by atoms with Crippen molar-refractivity contribution in [2.75, 3.05) is 0 Å². The number of nitrogens with one attached hydrogen (secondary N) is 1. The highest BCUT2D eigenvalue weighted by Crippen LogP contribution is 2.29. The minimum absolute atomic E-state index is 0.175. The van der Waals surface area contributed by atoms with E-state index in [0.717, 1.165) is 5.56 Å². The number of H-pyrrole nitrogens is 1. The molecule has 4 aromatic rings. The predicted octanol–water partition coefficient (Wildman–Crippen LogP) is 4.24. The number of aldehydes is 1. The number of pyridine rings is 1. The minimum atomic E-state index is -0.299. The Hall–Kier alpha value is -3.79. The lowest BCUT2D eigenvalue weighted by atomic mass is 9.94. The second-order valence-electron chi connectivity index (χ2n) is 6.21. The molecule has 130 valence electrons. The van der Waals surface area contributed by atoms with Crippen LogP contribution in [0.2, 0.25) is 0 Å². The second-order valence-corrected chi connectivity index (χ2v) is 6.21. The largest absolute Gasteiger partial charge is 0.321 e. The summed E-state index contributed by atoms with van der Waals surface area (Å²) in [6.45, 7) is 0. The molecule has 1 heterocycles. The predicted molar refractivity (Wildman–Crippen MR) is 105 cm³/mol. The summed E-state index contributed by atoms with van der Waals surface area (Å²) in [7, 11) is 0. The van der Waals surface area contributed by atoms with Crippen LogP contribution in [0.15, 0.2) is 83.7 Å². The first-order valence-electron chi connectivity index (χ1n) is 8.49. The van der Waals surface area contributed by atoms with Gasteiger partial charge in [-0.15, -0.1) is 0 Å². The molecular weight excluding hydrogens is 338 g/mol. The van der Waals surface area contributed by atoms with E-state index in [9.17, 15) is 14.4 Å². The van der Waals surface area contributed by atoms with Gasteiger partial charge in [0.05, 0.1) is 5.52 Å². The lowest BCUT2D eigenvalue weighted by Crippen LogP contribution is -2.09. The van der Waals surface area contributed by atoms with E-state index in [0.29, 0.717) is 33.9 Å². The average Bonchev–Trinajstić information content (AvgIpc) is 2.73. The van der Waals surface area contributed by atoms with Crippen LogP contribution in [0, 0.1) is 0 Å². The van der Waals surface area contributed by atoms with E-state index in [2.05, 4.69) is 4.98 Å². The maximum Gasteiger partial charge on any atom is 0.249 e. The molecule has 0 spiro atoms. The normalized spacial score (nSPS) is 10.7. The first-order chi connectivity index (χ1) is 13.2. The SMILES string of the molecule is O=Cc1cc(C(=O)c2ccccc2)cc2c(-c3ccccc3)cc(=O)[nH]c12. The number of aromatic nitrogens is 1. The van der Waals surface area contributed by atoms with Crippen LogP contribution >= 0.6 is 0 Å². The Kier molecular flexibility index (Phi) is 4.22. The smallest absolute Gasteiger partial charge is 0.249 e. The highest BCUT2D eigenvalue weighted by molar-refractivity contribution is 6.13. The van der Waals surface area contributed by atoms with Crippen LogP contribution in [0.4, 0.5) is 0 Å². The van der Waals surface area contributed by atoms with Crippen LogP contribution < -0.4 is 5.56 Å². The van der Waals surface area contributed by atoms with Gasteiger partial charge in [0.25, 0.3) is 0 Å². The third-order valence-corrected chi connectivity index (χ3v) is 4.49. The Bertz CT molecular complexity index is 1210. The topological polar surface area (TPSA) is 67.0 Å². The molecule has 1 N–H and O–H groups in total. The molecular formula is C23H15NO3. The molecule has 0 saturated carbocycles. The molecule has 3 aromatic carbocycles. The summed E-state index contributed by atoms with van der Waals surface area (Å²) in [4.78, 5) is 39.4. The van der Waals surface area contributed by atoms with Gasteiger partial charge >= 0.3 is 0 Å². The van der Waals surface area contributed by atoms with Crippen LogP contribution in [-0.2, 0) is 0 Å². The molecule has 1 aromatic heterocycles. The molecule has 0 saturated heterocycles. The molecule has 4 nitrogen and oxygen atoms in total. The number of carbonyl (C=O) groups is 2. The highest BCUT2D eigenvalue weighted by atomic mass is 16.1. The highest BCUT2D eigenvalue weighted by Gasteiger charge is 2.15. The number of benzene rings is 3. The molecule has 0 aliphatic carbocycles. The number of fused-ring (bicyclic) bond motifs is 1. The van der Waals surface area contributed by atoms with Crippen LogP contribution in [0.3, 0.4) is 0 Å². The number of aromatic amines is 1. The monoisotopic (exact) mass is 353 g/mol. The van der Waals surface area contributed by atoms with Crippen molar-refractivity contribution in [1.29, 1.82) is 0 Å². The van der Waals surface area contributed by atoms with E-state index in [4.69, 9.17) is 0 Å². The Morgan fingerprint density at radius 2 is 1.48 bits per heavy atom. The third-order valence-electron chi connectivity index (χ3n) is 4.49. The Morgan fingerprint density at radius 3 is 2.15 bits per heavy atom. The molecule has 0 aliphatic rings. The number of ketones is 1. The molecule has 4 rings (SSSR count). The van der Waals surface area contributed by atoms with E-state index in [1.54, 1.807) is 30.3 Å². The number of hydrogen-bond donors (Lipinski definition) is 1. The Morgan fingerprint density at radius 1 is 0.815 bits per heavy atom. The van der Waals surface area contributed by atoms with Crippen LogP contribution in [0.25, 0.3) is 22.0 Å². The van der Waals surface area contributed by atoms with Crippen molar-refractivity contribution < 1.29 is 9.59 Å². The molecule has 4 heteroatoms. The van der Waals surface area contributed by atoms with Gasteiger partial charge in [-0.25, -0.2) is 0 Å². The molecule has 0 aliphatic heterocycles. The quantitative estimate of drug-likeness (QED) is 0.441. The van der Waals surface area contributed by atoms with Gasteiger partial charge in [0, 0.05) is 28.1 Å². The minimum Gasteiger partial charge on any atom is -0.321 e. The van der Waals surface area contributed by atoms with Crippen LogP contribution in [0.5, 0.6) is 0 Å². The third kappa shape index (κ3) is 3.09. The van der Waals surface area contributed by atoms with Crippen molar-refractivity contribution in [3.05, 3.63) is 106 Å². The average molecular weight is 353 g/mol. The molecule has 0 radical (unpaired) electrons. The fourth-order valence-electron chi connectivity index (χ4n) is 3.22. The van der Waals surface area contributed by atoms with Gasteiger partial charge in [-0.05, 0) is 23.3 Å². The van der Waals surface area contributed by atoms with Crippen molar-refractivity contribution in [2.24, 2.45) is 0 Å². The zero-order valence-corrected chi connectivity index (χ0v) is 14.3. The van der Waals surface area contributed by atoms with E-state index < -0.39 is 0 Å². The number of hydrogen-bond acceptors (Lipinski definition) is 3. The maximum absolute atomic E-state index is 12.9. The summed E-state index contributed by atoms with van der Waals surface area (Å²) in [5, 5.41) is 0.657. The van der Waals surface area contributed by atoms with Gasteiger partial charge < -0.3 is 4.98 Å². The van der Waals surface area contributed by atoms with Gasteiger partial charge in [-0.1, -0.05) is 60.7 Å². The van der Waals surface area contributed by atoms with Gasteiger partial charge in [0.2, 0.25) is 5.56 Å². The summed E-state index contributed by atoms with van der Waals surface area (Å²) in [5.41, 5.74) is 2.88. The zero-order chi connectivity index (χ0) is 18.8. The van der Waals surface area contributed by atoms with E-state index in [-0.39, 0.29) is 16.9 Å². The summed E-state index contributed by atoms with van der Waals surface area (Å²) < 4.78 is 0. The first-order valence-corrected chi connectivity index (χ1v) is 8.49. The van der Waals surface area contributed by atoms with E-state index in [1.165, 1.54) is 12.1 Å². The van der Waals surface area contributed by atoms with E-state index in [1.807, 2.05) is 36.4 Å². The fourth-order valence-corrected chi connectivity index (χ4v) is 3.22. The summed E-state index contributed by atoms with van der Waals surface area (Å²) >= 11 is 0. The fraction of sp³-hybridized carbons (Fsp3) is 0. The standard InChI is InChI=1S/C23H15NO3/c25-14-18-11-17(23(27)16-9-5-2-6-10-16)12-20-19(13-21(26)24-22(18)20)15-7-3-1-4-8-15/h1-14H,(H,24,26). The van der Waals surface area contributed by atoms with Crippen LogP contribution in [-0.4, -0.2) is 17.1 Å². The lowest BCUT2D eigenvalue weighted by Gasteiger charge is -2.11. The number of rotatable bonds is 4.